The molecule has 0 atom stereocenters. The summed E-state index contributed by atoms with van der Waals surface area (Å²) in [6, 6.07) is 2.31. The molecule has 0 saturated heterocycles. The Kier molecular flexibility index (Phi) is 2.92. The van der Waals surface area contributed by atoms with Gasteiger partial charge in [0.1, 0.15) is 5.52 Å². The van der Waals surface area contributed by atoms with Gasteiger partial charge in [-0.05, 0) is 26.0 Å². The predicted octanol–water partition coefficient (Wildman–Crippen LogP) is 1.41. The molecule has 2 aromatic rings. The topological polar surface area (TPSA) is 86.9 Å². The highest BCUT2D eigenvalue weighted by atomic mass is 19.2. The van der Waals surface area contributed by atoms with Crippen LogP contribution in [0.3, 0.4) is 0 Å². The number of imidazole rings is 1. The fourth-order valence-corrected chi connectivity index (χ4v) is 1.81. The minimum atomic E-state index is -1.04. The third-order valence-electron chi connectivity index (χ3n) is 3.05. The van der Waals surface area contributed by atoms with Gasteiger partial charge in [0.25, 0.3) is 0 Å². The fraction of sp³-hybridized carbons (Fsp3) is 0.333. The van der Waals surface area contributed by atoms with Crippen molar-refractivity contribution < 1.29 is 13.6 Å². The Morgan fingerprint density at radius 3 is 2.63 bits per heavy atom. The van der Waals surface area contributed by atoms with Crippen LogP contribution in [0.15, 0.2) is 12.1 Å². The molecule has 0 saturated carbocycles. The van der Waals surface area contributed by atoms with Crippen LogP contribution in [0.5, 0.6) is 0 Å². The van der Waals surface area contributed by atoms with Gasteiger partial charge < -0.3 is 16.0 Å². The molecule has 2 rings (SSSR count). The lowest BCUT2D eigenvalue weighted by Gasteiger charge is -2.22. The molecule has 7 heteroatoms. The maximum absolute atomic E-state index is 13.8. The van der Waals surface area contributed by atoms with E-state index in [0.29, 0.717) is 0 Å². The quantitative estimate of drug-likeness (QED) is 0.882. The van der Waals surface area contributed by atoms with Crippen molar-refractivity contribution >= 4 is 22.9 Å². The Balaban J connectivity index is 2.63. The first-order valence-corrected chi connectivity index (χ1v) is 5.63. The summed E-state index contributed by atoms with van der Waals surface area (Å²) in [7, 11) is 0. The molecule has 102 valence electrons. The molecule has 19 heavy (non-hydrogen) atoms. The smallest absolute Gasteiger partial charge is 0.224 e. The van der Waals surface area contributed by atoms with E-state index < -0.39 is 23.0 Å². The first-order chi connectivity index (χ1) is 8.74. The van der Waals surface area contributed by atoms with Gasteiger partial charge in [-0.2, -0.15) is 0 Å². The highest BCUT2D eigenvalue weighted by Gasteiger charge is 2.28. The van der Waals surface area contributed by atoms with Crippen LogP contribution < -0.4 is 11.5 Å². The number of aromatic nitrogens is 2. The molecule has 1 aromatic heterocycles. The van der Waals surface area contributed by atoms with E-state index in [1.807, 2.05) is 0 Å². The van der Waals surface area contributed by atoms with Crippen LogP contribution in [0.25, 0.3) is 11.0 Å². The number of nitrogens with two attached hydrogens (primary N) is 2. The predicted molar refractivity (Wildman–Crippen MR) is 67.0 cm³/mol. The van der Waals surface area contributed by atoms with Crippen molar-refractivity contribution in [3.63, 3.8) is 0 Å². The maximum atomic E-state index is 13.8. The summed E-state index contributed by atoms with van der Waals surface area (Å²) in [5, 5.41) is 0. The van der Waals surface area contributed by atoms with E-state index in [2.05, 4.69) is 4.98 Å². The summed E-state index contributed by atoms with van der Waals surface area (Å²) in [4.78, 5) is 15.3. The van der Waals surface area contributed by atoms with E-state index in [0.717, 1.165) is 6.07 Å². The molecule has 0 unspecified atom stereocenters. The molecular weight excluding hydrogens is 254 g/mol. The SMILES string of the molecule is CC(C)(Cn1c(N)nc2ccc(F)c(F)c21)C(N)=O. The fourth-order valence-electron chi connectivity index (χ4n) is 1.81. The summed E-state index contributed by atoms with van der Waals surface area (Å²) in [5.41, 5.74) is 10.2. The van der Waals surface area contributed by atoms with Crippen molar-refractivity contribution in [1.29, 1.82) is 0 Å². The van der Waals surface area contributed by atoms with E-state index in [9.17, 15) is 13.6 Å². The molecule has 4 N–H and O–H groups in total. The number of fused-ring (bicyclic) bond motifs is 1. The van der Waals surface area contributed by atoms with Gasteiger partial charge in [0, 0.05) is 6.54 Å². The highest BCUT2D eigenvalue weighted by molar-refractivity contribution is 5.82. The van der Waals surface area contributed by atoms with Gasteiger partial charge in [0.05, 0.1) is 10.9 Å². The van der Waals surface area contributed by atoms with Gasteiger partial charge in [-0.1, -0.05) is 0 Å². The van der Waals surface area contributed by atoms with Gasteiger partial charge in [-0.3, -0.25) is 4.79 Å². The summed E-state index contributed by atoms with van der Waals surface area (Å²) in [5.74, 6) is -2.59. The minimum Gasteiger partial charge on any atom is -0.369 e. The summed E-state index contributed by atoms with van der Waals surface area (Å²) in [6.07, 6.45) is 0. The average Bonchev–Trinajstić information content (AvgIpc) is 2.61. The number of halogens is 2. The Morgan fingerprint density at radius 2 is 2.05 bits per heavy atom. The molecule has 0 aliphatic heterocycles. The lowest BCUT2D eigenvalue weighted by Crippen LogP contribution is -2.35. The lowest BCUT2D eigenvalue weighted by molar-refractivity contribution is -0.126. The van der Waals surface area contributed by atoms with Gasteiger partial charge in [-0.25, -0.2) is 13.8 Å². The van der Waals surface area contributed by atoms with Crippen molar-refractivity contribution in [3.8, 4) is 0 Å². The summed E-state index contributed by atoms with van der Waals surface area (Å²) < 4.78 is 28.4. The number of hydrogen-bond acceptors (Lipinski definition) is 3. The molecule has 1 heterocycles. The van der Waals surface area contributed by atoms with Gasteiger partial charge >= 0.3 is 0 Å². The van der Waals surface area contributed by atoms with Crippen molar-refractivity contribution in [2.24, 2.45) is 11.1 Å². The van der Waals surface area contributed by atoms with Crippen LogP contribution in [0.2, 0.25) is 0 Å². The van der Waals surface area contributed by atoms with Crippen LogP contribution >= 0.6 is 0 Å². The van der Waals surface area contributed by atoms with Crippen molar-refractivity contribution in [2.45, 2.75) is 20.4 Å². The number of carbonyl (C=O) groups is 1. The molecule has 0 radical (unpaired) electrons. The molecule has 1 aromatic carbocycles. The van der Waals surface area contributed by atoms with E-state index in [1.165, 1.54) is 10.6 Å². The second kappa shape index (κ2) is 4.18. The maximum Gasteiger partial charge on any atom is 0.224 e. The van der Waals surface area contributed by atoms with Gasteiger partial charge in [0.15, 0.2) is 11.6 Å². The second-order valence-electron chi connectivity index (χ2n) is 5.03. The first-order valence-electron chi connectivity index (χ1n) is 5.63. The molecular formula is C12H14F2N4O. The zero-order valence-electron chi connectivity index (χ0n) is 10.6. The molecule has 0 aliphatic rings. The number of hydrogen-bond donors (Lipinski definition) is 2. The van der Waals surface area contributed by atoms with Crippen LogP contribution in [0.1, 0.15) is 13.8 Å². The van der Waals surface area contributed by atoms with Crippen LogP contribution in [0.4, 0.5) is 14.7 Å². The third-order valence-corrected chi connectivity index (χ3v) is 3.05. The number of primary amides is 1. The molecule has 0 aliphatic carbocycles. The Labute approximate surface area is 108 Å². The lowest BCUT2D eigenvalue weighted by atomic mass is 9.92. The Morgan fingerprint density at radius 1 is 1.42 bits per heavy atom. The summed E-state index contributed by atoms with van der Waals surface area (Å²) >= 11 is 0. The molecule has 5 nitrogen and oxygen atoms in total. The number of nitrogens with zero attached hydrogens (tertiary/aromatic N) is 2. The van der Waals surface area contributed by atoms with E-state index in [4.69, 9.17) is 11.5 Å². The highest BCUT2D eigenvalue weighted by Crippen LogP contribution is 2.27. The molecule has 0 spiro atoms. The van der Waals surface area contributed by atoms with Gasteiger partial charge in [-0.15, -0.1) is 0 Å². The zero-order valence-corrected chi connectivity index (χ0v) is 10.6. The Hall–Kier alpha value is -2.18. The zero-order chi connectivity index (χ0) is 14.4. The molecule has 0 fully saturated rings. The normalized spacial score (nSPS) is 12.0. The molecule has 0 bridgehead atoms. The third kappa shape index (κ3) is 2.11. The monoisotopic (exact) mass is 268 g/mol. The molecule has 1 amide bonds. The number of anilines is 1. The van der Waals surface area contributed by atoms with E-state index >= 15 is 0 Å². The number of benzene rings is 1. The standard InChI is InChI=1S/C12H14F2N4O/c1-12(2,10(15)19)5-18-9-7(17-11(18)16)4-3-6(13)8(9)14/h3-4H,5H2,1-2H3,(H2,15,19)(H2,16,17). The van der Waals surface area contributed by atoms with Crippen molar-refractivity contribution in [1.82, 2.24) is 9.55 Å². The van der Waals surface area contributed by atoms with Crippen molar-refractivity contribution in [2.75, 3.05) is 5.73 Å². The van der Waals surface area contributed by atoms with Crippen LogP contribution in [-0.2, 0) is 11.3 Å². The first kappa shape index (κ1) is 13.3. The largest absolute Gasteiger partial charge is 0.369 e. The summed E-state index contributed by atoms with van der Waals surface area (Å²) in [6.45, 7) is 3.21. The number of carbonyl (C=O) groups excluding carboxylic acids is 1. The average molecular weight is 268 g/mol. The Bertz CT molecular complexity index is 663. The van der Waals surface area contributed by atoms with Crippen LogP contribution in [-0.4, -0.2) is 15.5 Å². The van der Waals surface area contributed by atoms with Gasteiger partial charge in [0.2, 0.25) is 11.9 Å². The van der Waals surface area contributed by atoms with E-state index in [-0.39, 0.29) is 23.5 Å². The van der Waals surface area contributed by atoms with E-state index in [1.54, 1.807) is 13.8 Å². The van der Waals surface area contributed by atoms with Crippen LogP contribution in [0, 0.1) is 17.0 Å². The number of rotatable bonds is 3. The minimum absolute atomic E-state index is 0.00817. The second-order valence-corrected chi connectivity index (χ2v) is 5.03. The number of nitrogen functional groups attached to an aromatic ring is 1. The number of amides is 1. The van der Waals surface area contributed by atoms with Crippen molar-refractivity contribution in [3.05, 3.63) is 23.8 Å².